The summed E-state index contributed by atoms with van der Waals surface area (Å²) in [7, 11) is 0. The van der Waals surface area contributed by atoms with Gasteiger partial charge in [0.25, 0.3) is 0 Å². The number of fused-ring (bicyclic) bond motifs is 1. The Bertz CT molecular complexity index is 925. The second-order valence-corrected chi connectivity index (χ2v) is 8.22. The van der Waals surface area contributed by atoms with E-state index in [1.54, 1.807) is 18.7 Å². The molecule has 1 atom stereocenters. The Morgan fingerprint density at radius 3 is 2.93 bits per heavy atom. The molecule has 5 nitrogen and oxygen atoms in total. The number of ether oxygens (including phenoxy) is 1. The molecule has 0 radical (unpaired) electrons. The zero-order valence-corrected chi connectivity index (χ0v) is 17.0. The summed E-state index contributed by atoms with van der Waals surface area (Å²) in [6, 6.07) is 7.55. The Balaban J connectivity index is 1.71. The van der Waals surface area contributed by atoms with Crippen LogP contribution in [0.1, 0.15) is 23.7 Å². The molecule has 2 aromatic rings. The van der Waals surface area contributed by atoms with Crippen LogP contribution in [0, 0.1) is 0 Å². The molecule has 2 N–H and O–H groups in total. The summed E-state index contributed by atoms with van der Waals surface area (Å²) in [5.74, 6) is -0.726. The van der Waals surface area contributed by atoms with E-state index >= 15 is 0 Å². The summed E-state index contributed by atoms with van der Waals surface area (Å²) < 4.78 is 6.10. The number of carbonyl (C=O) groups excluding carboxylic acids is 2. The molecule has 27 heavy (non-hydrogen) atoms. The molecule has 8 heteroatoms. The van der Waals surface area contributed by atoms with Gasteiger partial charge in [-0.15, -0.1) is 23.1 Å². The van der Waals surface area contributed by atoms with Crippen LogP contribution in [-0.4, -0.2) is 28.8 Å². The van der Waals surface area contributed by atoms with Crippen molar-refractivity contribution in [2.45, 2.75) is 18.6 Å². The van der Waals surface area contributed by atoms with Crippen LogP contribution in [0.2, 0.25) is 0 Å². The maximum atomic E-state index is 12.4. The third-order valence-corrected chi connectivity index (χ3v) is 6.06. The number of thiocarbonyl (C=S) groups is 1. The van der Waals surface area contributed by atoms with Crippen molar-refractivity contribution in [1.29, 1.82) is 0 Å². The lowest BCUT2D eigenvalue weighted by Crippen LogP contribution is -2.33. The number of nitrogens with one attached hydrogen (secondary N) is 2. The number of thiophene rings is 1. The lowest BCUT2D eigenvalue weighted by Gasteiger charge is -2.09. The van der Waals surface area contributed by atoms with E-state index in [1.807, 2.05) is 35.7 Å². The first kappa shape index (κ1) is 19.6. The van der Waals surface area contributed by atoms with Crippen molar-refractivity contribution in [2.24, 2.45) is 0 Å². The second kappa shape index (κ2) is 9.16. The number of amides is 1. The minimum absolute atomic E-state index is 0.138. The maximum absolute atomic E-state index is 12.4. The lowest BCUT2D eigenvalue weighted by atomic mass is 10.1. The van der Waals surface area contributed by atoms with E-state index < -0.39 is 5.97 Å². The highest BCUT2D eigenvalue weighted by Gasteiger charge is 2.21. The van der Waals surface area contributed by atoms with E-state index in [2.05, 4.69) is 16.7 Å². The smallest absolute Gasteiger partial charge is 0.341 e. The van der Waals surface area contributed by atoms with Gasteiger partial charge in [0.05, 0.1) is 6.61 Å². The molecule has 0 fully saturated rings. The van der Waals surface area contributed by atoms with Gasteiger partial charge < -0.3 is 10.1 Å². The van der Waals surface area contributed by atoms with Crippen LogP contribution < -0.4 is 10.6 Å². The Kier molecular flexibility index (Phi) is 6.65. The molecule has 0 unspecified atom stereocenters. The normalized spacial score (nSPS) is 16.0. The summed E-state index contributed by atoms with van der Waals surface area (Å²) in [4.78, 5) is 24.4. The molecule has 1 aromatic carbocycles. The first-order valence-electron chi connectivity index (χ1n) is 8.37. The van der Waals surface area contributed by atoms with E-state index in [1.165, 1.54) is 17.4 Å². The molecular formula is C19H18N2O3S3. The summed E-state index contributed by atoms with van der Waals surface area (Å²) >= 11 is 8.30. The average Bonchev–Trinajstić information content (AvgIpc) is 3.27. The van der Waals surface area contributed by atoms with Crippen molar-refractivity contribution >= 4 is 67.4 Å². The lowest BCUT2D eigenvalue weighted by molar-refractivity contribution is -0.115. The minimum Gasteiger partial charge on any atom is -0.462 e. The number of anilines is 1. The van der Waals surface area contributed by atoms with Crippen LogP contribution in [0.25, 0.3) is 10.1 Å². The fourth-order valence-corrected chi connectivity index (χ4v) is 4.73. The minimum atomic E-state index is -0.419. The molecule has 1 amide bonds. The quantitative estimate of drug-likeness (QED) is 0.424. The van der Waals surface area contributed by atoms with Gasteiger partial charge in [0.1, 0.15) is 10.6 Å². The number of allylic oxidation sites excluding steroid dienone is 1. The van der Waals surface area contributed by atoms with Crippen LogP contribution in [0.15, 0.2) is 47.9 Å². The van der Waals surface area contributed by atoms with E-state index in [4.69, 9.17) is 17.0 Å². The number of benzene rings is 1. The van der Waals surface area contributed by atoms with E-state index in [0.29, 0.717) is 10.6 Å². The number of rotatable bonds is 5. The van der Waals surface area contributed by atoms with Crippen molar-refractivity contribution in [1.82, 2.24) is 5.32 Å². The topological polar surface area (TPSA) is 67.4 Å². The number of esters is 1. The molecule has 0 aliphatic carbocycles. The number of hydrogen-bond donors (Lipinski definition) is 2. The summed E-state index contributed by atoms with van der Waals surface area (Å²) in [5.41, 5.74) is 0.429. The SMILES string of the molecule is CCOC(=O)c1c(NC(=S)NC(=O)/C=C/[C@H]2CC=CS2)sc2ccccc12. The molecule has 1 aliphatic heterocycles. The third kappa shape index (κ3) is 4.97. The molecule has 0 saturated heterocycles. The number of carbonyl (C=O) groups is 2. The highest BCUT2D eigenvalue weighted by molar-refractivity contribution is 8.03. The third-order valence-electron chi connectivity index (χ3n) is 3.72. The zero-order chi connectivity index (χ0) is 19.2. The Morgan fingerprint density at radius 2 is 2.19 bits per heavy atom. The average molecular weight is 419 g/mol. The molecule has 3 rings (SSSR count). The summed E-state index contributed by atoms with van der Waals surface area (Å²) in [6.45, 7) is 2.04. The second-order valence-electron chi connectivity index (χ2n) is 5.61. The predicted octanol–water partition coefficient (Wildman–Crippen LogP) is 4.47. The Morgan fingerprint density at radius 1 is 1.37 bits per heavy atom. The van der Waals surface area contributed by atoms with Crippen molar-refractivity contribution in [3.63, 3.8) is 0 Å². The van der Waals surface area contributed by atoms with Gasteiger partial charge in [-0.05, 0) is 37.0 Å². The van der Waals surface area contributed by atoms with Gasteiger partial charge in [-0.25, -0.2) is 4.79 Å². The highest BCUT2D eigenvalue weighted by atomic mass is 32.2. The van der Waals surface area contributed by atoms with Gasteiger partial charge in [0.15, 0.2) is 5.11 Å². The molecular weight excluding hydrogens is 400 g/mol. The van der Waals surface area contributed by atoms with Gasteiger partial charge in [0.2, 0.25) is 5.91 Å². The van der Waals surface area contributed by atoms with Crippen LogP contribution in [0.3, 0.4) is 0 Å². The van der Waals surface area contributed by atoms with Crippen molar-refractivity contribution in [3.8, 4) is 0 Å². The van der Waals surface area contributed by atoms with Crippen molar-refractivity contribution in [3.05, 3.63) is 53.5 Å². The Labute approximate surface area is 170 Å². The molecule has 2 heterocycles. The first-order chi connectivity index (χ1) is 13.1. The van der Waals surface area contributed by atoms with Gasteiger partial charge in [-0.3, -0.25) is 10.1 Å². The standard InChI is InChI=1S/C19H18N2O3S3/c1-2-24-18(23)16-13-7-3-4-8-14(13)27-17(16)21-19(25)20-15(22)10-9-12-6-5-11-26-12/h3-5,7-12H,2,6H2,1H3,(H2,20,21,22,25)/b10-9+/t12-/m1/s1. The van der Waals surface area contributed by atoms with Crippen LogP contribution in [-0.2, 0) is 9.53 Å². The van der Waals surface area contributed by atoms with Crippen molar-refractivity contribution < 1.29 is 14.3 Å². The largest absolute Gasteiger partial charge is 0.462 e. The monoisotopic (exact) mass is 418 g/mol. The summed E-state index contributed by atoms with van der Waals surface area (Å²) in [6.07, 6.45) is 6.33. The molecule has 1 aliphatic rings. The fraction of sp³-hybridized carbons (Fsp3) is 0.211. The highest BCUT2D eigenvalue weighted by Crippen LogP contribution is 2.36. The van der Waals surface area contributed by atoms with Gasteiger partial charge in [-0.2, -0.15) is 0 Å². The maximum Gasteiger partial charge on any atom is 0.341 e. The van der Waals surface area contributed by atoms with Gasteiger partial charge >= 0.3 is 5.97 Å². The van der Waals surface area contributed by atoms with Crippen molar-refractivity contribution in [2.75, 3.05) is 11.9 Å². The van der Waals surface area contributed by atoms with Gasteiger partial charge in [0, 0.05) is 21.4 Å². The zero-order valence-electron chi connectivity index (χ0n) is 14.6. The molecule has 1 aromatic heterocycles. The Hall–Kier alpha value is -2.16. The number of thioether (sulfide) groups is 1. The van der Waals surface area contributed by atoms with E-state index in [0.717, 1.165) is 16.5 Å². The molecule has 0 bridgehead atoms. The fourth-order valence-electron chi connectivity index (χ4n) is 2.55. The first-order valence-corrected chi connectivity index (χ1v) is 10.5. The van der Waals surface area contributed by atoms with Crippen LogP contribution in [0.5, 0.6) is 0 Å². The van der Waals surface area contributed by atoms with Gasteiger partial charge in [-0.1, -0.05) is 30.4 Å². The summed E-state index contributed by atoms with van der Waals surface area (Å²) in [5, 5.41) is 9.38. The van der Waals surface area contributed by atoms with E-state index in [-0.39, 0.29) is 22.9 Å². The number of hydrogen-bond acceptors (Lipinski definition) is 6. The molecule has 140 valence electrons. The van der Waals surface area contributed by atoms with Crippen LogP contribution >= 0.6 is 35.3 Å². The van der Waals surface area contributed by atoms with Crippen LogP contribution in [0.4, 0.5) is 5.00 Å². The van der Waals surface area contributed by atoms with E-state index in [9.17, 15) is 9.59 Å². The molecule has 0 saturated carbocycles. The molecule has 0 spiro atoms. The predicted molar refractivity (Wildman–Crippen MR) is 116 cm³/mol.